The molecule has 1 saturated carbocycles. The van der Waals surface area contributed by atoms with Crippen molar-refractivity contribution in [1.29, 1.82) is 0 Å². The Hall–Kier alpha value is -2.09. The van der Waals surface area contributed by atoms with Gasteiger partial charge in [0.15, 0.2) is 5.16 Å². The lowest BCUT2D eigenvalue weighted by atomic mass is 10.1. The fourth-order valence-corrected chi connectivity index (χ4v) is 4.64. The Morgan fingerprint density at radius 2 is 1.97 bits per heavy atom. The van der Waals surface area contributed by atoms with Gasteiger partial charge in [0.2, 0.25) is 5.91 Å². The van der Waals surface area contributed by atoms with Crippen LogP contribution in [0.4, 0.5) is 8.78 Å². The zero-order valence-electron chi connectivity index (χ0n) is 16.8. The van der Waals surface area contributed by atoms with Gasteiger partial charge < -0.3 is 14.6 Å². The summed E-state index contributed by atoms with van der Waals surface area (Å²) in [5.41, 5.74) is 3.17. The molecule has 0 bridgehead atoms. The van der Waals surface area contributed by atoms with E-state index in [0.29, 0.717) is 24.8 Å². The van der Waals surface area contributed by atoms with E-state index in [2.05, 4.69) is 26.5 Å². The minimum Gasteiger partial charge on any atom is -0.435 e. The summed E-state index contributed by atoms with van der Waals surface area (Å²) in [6.45, 7) is 1.78. The second-order valence-corrected chi connectivity index (χ2v) is 8.23. The molecule has 1 aromatic carbocycles. The molecule has 0 spiro atoms. The summed E-state index contributed by atoms with van der Waals surface area (Å²) in [6, 6.07) is 6.96. The van der Waals surface area contributed by atoms with Crippen molar-refractivity contribution in [2.45, 2.75) is 63.8 Å². The van der Waals surface area contributed by atoms with E-state index in [-0.39, 0.29) is 11.7 Å². The number of aromatic nitrogens is 2. The van der Waals surface area contributed by atoms with Crippen molar-refractivity contribution in [3.8, 4) is 5.75 Å². The van der Waals surface area contributed by atoms with Crippen LogP contribution in [-0.2, 0) is 11.2 Å². The Balaban J connectivity index is 1.45. The van der Waals surface area contributed by atoms with Crippen molar-refractivity contribution >= 4 is 17.7 Å². The Morgan fingerprint density at radius 3 is 2.62 bits per heavy atom. The third-order valence-corrected chi connectivity index (χ3v) is 6.21. The van der Waals surface area contributed by atoms with E-state index in [1.54, 1.807) is 12.1 Å². The first-order valence-corrected chi connectivity index (χ1v) is 10.9. The van der Waals surface area contributed by atoms with E-state index in [0.717, 1.165) is 16.4 Å². The molecule has 1 heterocycles. The number of hydrogen-bond acceptors (Lipinski definition) is 4. The highest BCUT2D eigenvalue weighted by atomic mass is 32.2. The van der Waals surface area contributed by atoms with Crippen LogP contribution in [0.1, 0.15) is 48.7 Å². The molecule has 2 aromatic rings. The fraction of sp³-hybridized carbons (Fsp3) is 0.524. The van der Waals surface area contributed by atoms with E-state index in [1.165, 1.54) is 55.3 Å². The predicted octanol–water partition coefficient (Wildman–Crippen LogP) is 4.67. The molecule has 1 N–H and O–H groups in total. The number of aryl methyl sites for hydroxylation is 1. The third kappa shape index (κ3) is 5.95. The van der Waals surface area contributed by atoms with E-state index < -0.39 is 6.61 Å². The zero-order chi connectivity index (χ0) is 20.8. The zero-order valence-corrected chi connectivity index (χ0v) is 17.6. The van der Waals surface area contributed by atoms with Gasteiger partial charge in [-0.3, -0.25) is 4.79 Å². The summed E-state index contributed by atoms with van der Waals surface area (Å²) >= 11 is 1.48. The van der Waals surface area contributed by atoms with Gasteiger partial charge in [-0.25, -0.2) is 4.98 Å². The summed E-state index contributed by atoms with van der Waals surface area (Å²) in [4.78, 5) is 16.9. The van der Waals surface area contributed by atoms with Crippen LogP contribution in [0.5, 0.6) is 5.75 Å². The summed E-state index contributed by atoms with van der Waals surface area (Å²) in [5, 5.41) is 3.84. The quantitative estimate of drug-likeness (QED) is 0.596. The van der Waals surface area contributed by atoms with Crippen molar-refractivity contribution in [3.05, 3.63) is 41.2 Å². The van der Waals surface area contributed by atoms with Crippen LogP contribution in [0.2, 0.25) is 0 Å². The number of carbonyl (C=O) groups is 1. The molecule has 29 heavy (non-hydrogen) atoms. The minimum atomic E-state index is -2.82. The first-order chi connectivity index (χ1) is 13.9. The maximum atomic E-state index is 12.2. The molecule has 0 unspecified atom stereocenters. The molecule has 5 nitrogen and oxygen atoms in total. The maximum Gasteiger partial charge on any atom is 0.387 e. The number of nitrogens with one attached hydrogen (secondary N) is 1. The van der Waals surface area contributed by atoms with Crippen molar-refractivity contribution in [2.24, 2.45) is 0 Å². The predicted molar refractivity (Wildman–Crippen MR) is 110 cm³/mol. The van der Waals surface area contributed by atoms with Crippen molar-refractivity contribution in [2.75, 3.05) is 12.3 Å². The number of carbonyl (C=O) groups excluding carboxylic acids is 1. The van der Waals surface area contributed by atoms with Gasteiger partial charge in [-0.05, 0) is 50.8 Å². The number of amides is 1. The van der Waals surface area contributed by atoms with Gasteiger partial charge in [0, 0.05) is 18.3 Å². The van der Waals surface area contributed by atoms with Crippen molar-refractivity contribution in [3.63, 3.8) is 0 Å². The first kappa shape index (κ1) is 21.6. The highest BCUT2D eigenvalue weighted by Crippen LogP contribution is 2.35. The summed E-state index contributed by atoms with van der Waals surface area (Å²) in [5.74, 6) is 0.417. The number of nitrogens with zero attached hydrogens (tertiary/aromatic N) is 2. The third-order valence-electron chi connectivity index (χ3n) is 5.26. The normalized spacial score (nSPS) is 14.5. The fourth-order valence-electron chi connectivity index (χ4n) is 3.66. The van der Waals surface area contributed by atoms with Gasteiger partial charge in [0.05, 0.1) is 11.4 Å². The van der Waals surface area contributed by atoms with Crippen LogP contribution in [0.3, 0.4) is 0 Å². The molecule has 0 aliphatic heterocycles. The number of thioether (sulfide) groups is 1. The van der Waals surface area contributed by atoms with E-state index in [9.17, 15) is 13.6 Å². The molecule has 0 saturated heterocycles. The first-order valence-electron chi connectivity index (χ1n) is 9.92. The average molecular weight is 424 g/mol. The van der Waals surface area contributed by atoms with Crippen LogP contribution in [0.15, 0.2) is 29.4 Å². The van der Waals surface area contributed by atoms with Gasteiger partial charge in [0.1, 0.15) is 5.75 Å². The molecule has 1 amide bonds. The average Bonchev–Trinajstić information content (AvgIpc) is 3.29. The second kappa shape index (κ2) is 10.1. The number of alkyl halides is 2. The van der Waals surface area contributed by atoms with E-state index in [4.69, 9.17) is 0 Å². The van der Waals surface area contributed by atoms with Crippen molar-refractivity contribution in [1.82, 2.24) is 14.9 Å². The molecule has 0 radical (unpaired) electrons. The largest absolute Gasteiger partial charge is 0.435 e. The van der Waals surface area contributed by atoms with Crippen LogP contribution >= 0.6 is 11.8 Å². The number of hydrogen-bond donors (Lipinski definition) is 1. The number of imidazole rings is 1. The van der Waals surface area contributed by atoms with E-state index in [1.807, 2.05) is 6.92 Å². The lowest BCUT2D eigenvalue weighted by molar-refractivity contribution is -0.118. The number of rotatable bonds is 9. The molecule has 1 aliphatic carbocycles. The molecular formula is C21H27F2N3O2S. The molecule has 8 heteroatoms. The topological polar surface area (TPSA) is 56.1 Å². The Bertz CT molecular complexity index is 818. The molecule has 1 fully saturated rings. The molecule has 1 aromatic heterocycles. The maximum absolute atomic E-state index is 12.2. The van der Waals surface area contributed by atoms with Crippen LogP contribution in [0, 0.1) is 13.8 Å². The highest BCUT2D eigenvalue weighted by Gasteiger charge is 2.23. The standard InChI is InChI=1S/C21H27F2N3O2S/c1-14-15(2)26(17-5-3-4-6-17)21(25-14)29-13-19(27)24-12-11-16-7-9-18(10-8-16)28-20(22)23/h7-10,17,20H,3-6,11-13H2,1-2H3,(H,24,27). The number of halogens is 2. The molecule has 0 atom stereocenters. The lowest BCUT2D eigenvalue weighted by Gasteiger charge is -2.16. The van der Waals surface area contributed by atoms with Gasteiger partial charge in [-0.15, -0.1) is 0 Å². The smallest absolute Gasteiger partial charge is 0.387 e. The molecule has 158 valence electrons. The van der Waals surface area contributed by atoms with Crippen LogP contribution in [-0.4, -0.2) is 34.4 Å². The monoisotopic (exact) mass is 423 g/mol. The Morgan fingerprint density at radius 1 is 1.28 bits per heavy atom. The van der Waals surface area contributed by atoms with Crippen molar-refractivity contribution < 1.29 is 18.3 Å². The molecule has 1 aliphatic rings. The summed E-state index contributed by atoms with van der Waals surface area (Å²) < 4.78 is 31.0. The number of ether oxygens (including phenoxy) is 1. The van der Waals surface area contributed by atoms with Gasteiger partial charge in [-0.1, -0.05) is 36.7 Å². The van der Waals surface area contributed by atoms with Gasteiger partial charge in [0.25, 0.3) is 0 Å². The highest BCUT2D eigenvalue weighted by molar-refractivity contribution is 7.99. The minimum absolute atomic E-state index is 0.0380. The summed E-state index contributed by atoms with van der Waals surface area (Å²) in [6.07, 6.45) is 5.48. The Kier molecular flexibility index (Phi) is 7.52. The van der Waals surface area contributed by atoms with Crippen LogP contribution in [0.25, 0.3) is 0 Å². The molecule has 3 rings (SSSR count). The summed E-state index contributed by atoms with van der Waals surface area (Å²) in [7, 11) is 0. The lowest BCUT2D eigenvalue weighted by Crippen LogP contribution is -2.27. The van der Waals surface area contributed by atoms with Gasteiger partial charge >= 0.3 is 6.61 Å². The second-order valence-electron chi connectivity index (χ2n) is 7.28. The van der Waals surface area contributed by atoms with Crippen LogP contribution < -0.4 is 10.1 Å². The SMILES string of the molecule is Cc1nc(SCC(=O)NCCc2ccc(OC(F)F)cc2)n(C2CCCC2)c1C. The number of benzene rings is 1. The molecular weight excluding hydrogens is 396 g/mol. The van der Waals surface area contributed by atoms with Gasteiger partial charge in [-0.2, -0.15) is 8.78 Å². The Labute approximate surface area is 174 Å². The van der Waals surface area contributed by atoms with E-state index >= 15 is 0 Å².